The van der Waals surface area contributed by atoms with E-state index >= 15 is 0 Å². The lowest BCUT2D eigenvalue weighted by Gasteiger charge is -2.63. The van der Waals surface area contributed by atoms with Gasteiger partial charge in [-0.05, 0) is 56.4 Å². The number of carbonyl (C=O) groups excluding carboxylic acids is 1. The molecule has 36 heavy (non-hydrogen) atoms. The summed E-state index contributed by atoms with van der Waals surface area (Å²) in [5.41, 5.74) is 0.274. The van der Waals surface area contributed by atoms with Gasteiger partial charge in [0.05, 0.1) is 0 Å². The number of nitrogens with one attached hydrogen (secondary N) is 1. The standard InChI is InChI=1S/C24H28F3N7O2/c25-24(26,27)19-28-8-15(9-29-19)3-14-4-21(5-14)10-33(11-21)20(35)34-12-22(13-34)6-16(7-22)17-30-18(32-31-17)23(36)1-2-23/h8-9,14,16,36H,1-7,10-13H2,(H,30,31,32). The number of H-pyrrole nitrogens is 1. The molecule has 0 bridgehead atoms. The van der Waals surface area contributed by atoms with E-state index in [0.29, 0.717) is 24.1 Å². The van der Waals surface area contributed by atoms with E-state index < -0.39 is 17.6 Å². The first-order chi connectivity index (χ1) is 17.0. The molecule has 0 atom stereocenters. The van der Waals surface area contributed by atoms with Gasteiger partial charge in [-0.15, -0.1) is 0 Å². The predicted molar refractivity (Wildman–Crippen MR) is 118 cm³/mol. The number of rotatable bonds is 4. The van der Waals surface area contributed by atoms with Gasteiger partial charge in [0, 0.05) is 55.3 Å². The number of nitrogens with zero attached hydrogens (tertiary/aromatic N) is 6. The summed E-state index contributed by atoms with van der Waals surface area (Å²) in [5.74, 6) is 0.989. The number of alkyl halides is 3. The molecule has 3 saturated carbocycles. The average molecular weight is 504 g/mol. The molecule has 2 aliphatic heterocycles. The van der Waals surface area contributed by atoms with Crippen molar-refractivity contribution in [2.24, 2.45) is 16.7 Å². The summed E-state index contributed by atoms with van der Waals surface area (Å²) >= 11 is 0. The lowest BCUT2D eigenvalue weighted by molar-refractivity contribution is -0.145. The number of hydrogen-bond acceptors (Lipinski definition) is 6. The molecule has 5 aliphatic rings. The minimum Gasteiger partial charge on any atom is -0.382 e. The third kappa shape index (κ3) is 3.59. The van der Waals surface area contributed by atoms with Crippen molar-refractivity contribution >= 4 is 6.03 Å². The quantitative estimate of drug-likeness (QED) is 0.664. The highest BCUT2D eigenvalue weighted by molar-refractivity contribution is 5.77. The Morgan fingerprint density at radius 2 is 1.61 bits per heavy atom. The molecule has 0 radical (unpaired) electrons. The third-order valence-corrected chi connectivity index (χ3v) is 8.96. The van der Waals surface area contributed by atoms with Crippen LogP contribution in [0.3, 0.4) is 0 Å². The van der Waals surface area contributed by atoms with Crippen LogP contribution >= 0.6 is 0 Å². The van der Waals surface area contributed by atoms with Crippen LogP contribution in [0.15, 0.2) is 12.4 Å². The molecule has 2 amide bonds. The number of aromatic nitrogens is 5. The molecular weight excluding hydrogens is 475 g/mol. The zero-order valence-corrected chi connectivity index (χ0v) is 19.8. The van der Waals surface area contributed by atoms with E-state index in [4.69, 9.17) is 0 Å². The molecule has 2 N–H and O–H groups in total. The van der Waals surface area contributed by atoms with Crippen LogP contribution < -0.4 is 0 Å². The van der Waals surface area contributed by atoms with Crippen LogP contribution in [0.1, 0.15) is 67.5 Å². The Morgan fingerprint density at radius 3 is 2.17 bits per heavy atom. The minimum absolute atomic E-state index is 0.118. The molecule has 2 aromatic rings. The van der Waals surface area contributed by atoms with Gasteiger partial charge >= 0.3 is 12.2 Å². The Balaban J connectivity index is 0.840. The molecule has 3 aliphatic carbocycles. The zero-order chi connectivity index (χ0) is 24.9. The molecule has 0 unspecified atom stereocenters. The Labute approximate surface area is 205 Å². The smallest absolute Gasteiger partial charge is 0.382 e. The average Bonchev–Trinajstić information content (AvgIpc) is 3.27. The second-order valence-corrected chi connectivity index (χ2v) is 12.1. The van der Waals surface area contributed by atoms with Crippen LogP contribution in [-0.2, 0) is 18.2 Å². The summed E-state index contributed by atoms with van der Waals surface area (Å²) in [6.45, 7) is 3.10. The van der Waals surface area contributed by atoms with E-state index in [1.54, 1.807) is 0 Å². The van der Waals surface area contributed by atoms with E-state index in [9.17, 15) is 23.1 Å². The Bertz CT molecular complexity index is 1180. The van der Waals surface area contributed by atoms with Gasteiger partial charge in [-0.3, -0.25) is 5.10 Å². The normalized spacial score (nSPS) is 25.8. The molecule has 5 fully saturated rings. The lowest BCUT2D eigenvalue weighted by atomic mass is 9.56. The maximum atomic E-state index is 12.9. The number of hydrogen-bond donors (Lipinski definition) is 2. The number of likely N-dealkylation sites (tertiary alicyclic amines) is 2. The van der Waals surface area contributed by atoms with Crippen molar-refractivity contribution in [1.29, 1.82) is 0 Å². The fourth-order valence-corrected chi connectivity index (χ4v) is 6.95. The van der Waals surface area contributed by atoms with Crippen molar-refractivity contribution < 1.29 is 23.1 Å². The van der Waals surface area contributed by atoms with E-state index in [1.807, 2.05) is 9.80 Å². The summed E-state index contributed by atoms with van der Waals surface area (Å²) in [4.78, 5) is 28.2. The lowest BCUT2D eigenvalue weighted by Crippen LogP contribution is -2.70. The molecule has 9 nitrogen and oxygen atoms in total. The number of urea groups is 1. The van der Waals surface area contributed by atoms with Gasteiger partial charge in [-0.1, -0.05) is 0 Å². The topological polar surface area (TPSA) is 111 Å². The summed E-state index contributed by atoms with van der Waals surface area (Å²) in [5, 5.41) is 17.4. The highest BCUT2D eigenvalue weighted by atomic mass is 19.4. The first-order valence-electron chi connectivity index (χ1n) is 12.6. The van der Waals surface area contributed by atoms with Crippen molar-refractivity contribution in [3.05, 3.63) is 35.4 Å². The van der Waals surface area contributed by atoms with Crippen LogP contribution in [0, 0.1) is 16.7 Å². The molecular formula is C24H28F3N7O2. The second-order valence-electron chi connectivity index (χ2n) is 12.1. The van der Waals surface area contributed by atoms with Gasteiger partial charge in [0.2, 0.25) is 5.82 Å². The van der Waals surface area contributed by atoms with Gasteiger partial charge < -0.3 is 14.9 Å². The molecule has 12 heteroatoms. The van der Waals surface area contributed by atoms with Gasteiger partial charge in [-0.2, -0.15) is 18.3 Å². The summed E-state index contributed by atoms with van der Waals surface area (Å²) < 4.78 is 37.9. The number of aliphatic hydroxyl groups is 1. The first kappa shape index (κ1) is 22.4. The monoisotopic (exact) mass is 503 g/mol. The SMILES string of the molecule is O=C(N1CC2(CC(Cc3cnc(C(F)(F)F)nc3)C2)C1)N1CC2(CC(c3nc(C4(O)CC4)n[nH]3)C2)C1. The van der Waals surface area contributed by atoms with Crippen molar-refractivity contribution in [3.8, 4) is 0 Å². The van der Waals surface area contributed by atoms with Crippen LogP contribution in [-0.4, -0.2) is 72.3 Å². The predicted octanol–water partition coefficient (Wildman–Crippen LogP) is 2.85. The fraction of sp³-hybridized carbons (Fsp3) is 0.708. The second kappa shape index (κ2) is 7.17. The summed E-state index contributed by atoms with van der Waals surface area (Å²) in [6, 6.07) is 0.118. The molecule has 7 rings (SSSR count). The number of aromatic amines is 1. The van der Waals surface area contributed by atoms with E-state index in [2.05, 4.69) is 25.1 Å². The number of amides is 2. The molecule has 0 aromatic carbocycles. The fourth-order valence-electron chi connectivity index (χ4n) is 6.95. The highest BCUT2D eigenvalue weighted by Crippen LogP contribution is 2.57. The van der Waals surface area contributed by atoms with Crippen LogP contribution in [0.5, 0.6) is 0 Å². The van der Waals surface area contributed by atoms with Crippen LogP contribution in [0.2, 0.25) is 0 Å². The molecule has 2 aromatic heterocycles. The number of carbonyl (C=O) groups is 1. The number of halogens is 3. The largest absolute Gasteiger partial charge is 0.451 e. The molecule has 4 heterocycles. The van der Waals surface area contributed by atoms with Gasteiger partial charge in [0.1, 0.15) is 11.4 Å². The maximum absolute atomic E-state index is 12.9. The van der Waals surface area contributed by atoms with Gasteiger partial charge in [-0.25, -0.2) is 19.7 Å². The van der Waals surface area contributed by atoms with Crippen molar-refractivity contribution in [2.75, 3.05) is 26.2 Å². The molecule has 2 spiro atoms. The minimum atomic E-state index is -4.52. The summed E-state index contributed by atoms with van der Waals surface area (Å²) in [6.07, 6.45) is 4.11. The highest BCUT2D eigenvalue weighted by Gasteiger charge is 2.59. The van der Waals surface area contributed by atoms with E-state index in [-0.39, 0.29) is 16.9 Å². The van der Waals surface area contributed by atoms with Crippen molar-refractivity contribution in [3.63, 3.8) is 0 Å². The maximum Gasteiger partial charge on any atom is 0.451 e. The van der Waals surface area contributed by atoms with Gasteiger partial charge in [0.15, 0.2) is 5.82 Å². The zero-order valence-electron chi connectivity index (χ0n) is 19.8. The third-order valence-electron chi connectivity index (χ3n) is 8.96. The first-order valence-corrected chi connectivity index (χ1v) is 12.6. The van der Waals surface area contributed by atoms with E-state index in [1.165, 1.54) is 12.4 Å². The molecule has 2 saturated heterocycles. The van der Waals surface area contributed by atoms with E-state index in [0.717, 1.165) is 76.1 Å². The van der Waals surface area contributed by atoms with Crippen LogP contribution in [0.25, 0.3) is 0 Å². The molecule has 192 valence electrons. The van der Waals surface area contributed by atoms with Crippen molar-refractivity contribution in [1.82, 2.24) is 34.9 Å². The Hall–Kier alpha value is -2.76. The Morgan fingerprint density at radius 1 is 1.03 bits per heavy atom. The summed E-state index contributed by atoms with van der Waals surface area (Å²) in [7, 11) is 0. The van der Waals surface area contributed by atoms with Crippen molar-refractivity contribution in [2.45, 2.75) is 62.6 Å². The van der Waals surface area contributed by atoms with Crippen LogP contribution in [0.4, 0.5) is 18.0 Å². The Kier molecular flexibility index (Phi) is 4.47. The van der Waals surface area contributed by atoms with Gasteiger partial charge in [0.25, 0.3) is 0 Å².